The normalized spacial score (nSPS) is 17.1. The Balaban J connectivity index is 1.95. The molecule has 2 aromatic rings. The minimum atomic E-state index is 0.0346. The number of aliphatic hydroxyl groups excluding tert-OH is 1. The summed E-state index contributed by atoms with van der Waals surface area (Å²) in [5.41, 5.74) is 2.96. The molecular formula is C17H22N2O. The molecule has 1 aromatic carbocycles. The molecule has 0 radical (unpaired) electrons. The molecule has 1 saturated carbocycles. The zero-order valence-electron chi connectivity index (χ0n) is 11.8. The smallest absolute Gasteiger partial charge is 0.0722 e. The van der Waals surface area contributed by atoms with Crippen LogP contribution in [0.1, 0.15) is 44.1 Å². The Kier molecular flexibility index (Phi) is 4.16. The fraction of sp³-hybridized carbons (Fsp3) is 0.471. The van der Waals surface area contributed by atoms with E-state index in [9.17, 15) is 5.11 Å². The summed E-state index contributed by atoms with van der Waals surface area (Å²) in [6.07, 6.45) is 9.54. The molecule has 0 saturated heterocycles. The highest BCUT2D eigenvalue weighted by atomic mass is 16.3. The van der Waals surface area contributed by atoms with Gasteiger partial charge in [0.15, 0.2) is 0 Å². The predicted octanol–water partition coefficient (Wildman–Crippen LogP) is 3.86. The van der Waals surface area contributed by atoms with E-state index in [4.69, 9.17) is 0 Å². The molecule has 3 nitrogen and oxygen atoms in total. The van der Waals surface area contributed by atoms with Gasteiger partial charge in [0, 0.05) is 23.2 Å². The van der Waals surface area contributed by atoms with Crippen LogP contribution in [0.2, 0.25) is 0 Å². The first-order valence-corrected chi connectivity index (χ1v) is 7.62. The van der Waals surface area contributed by atoms with Crippen molar-refractivity contribution >= 4 is 16.6 Å². The topological polar surface area (TPSA) is 45.2 Å². The maximum absolute atomic E-state index is 9.58. The van der Waals surface area contributed by atoms with Crippen molar-refractivity contribution in [2.75, 3.05) is 5.32 Å². The highest BCUT2D eigenvalue weighted by molar-refractivity contribution is 5.92. The van der Waals surface area contributed by atoms with Crippen LogP contribution in [-0.2, 0) is 6.61 Å². The van der Waals surface area contributed by atoms with Crippen LogP contribution in [0.4, 0.5) is 5.69 Å². The Morgan fingerprint density at radius 3 is 2.60 bits per heavy atom. The number of aromatic nitrogens is 1. The van der Waals surface area contributed by atoms with Crippen LogP contribution in [-0.4, -0.2) is 16.1 Å². The van der Waals surface area contributed by atoms with Gasteiger partial charge in [-0.3, -0.25) is 4.98 Å². The van der Waals surface area contributed by atoms with Gasteiger partial charge >= 0.3 is 0 Å². The lowest BCUT2D eigenvalue weighted by atomic mass is 10.1. The van der Waals surface area contributed by atoms with Crippen LogP contribution in [0, 0.1) is 0 Å². The van der Waals surface area contributed by atoms with Gasteiger partial charge in [-0.2, -0.15) is 0 Å². The average Bonchev–Trinajstić information content (AvgIpc) is 2.76. The van der Waals surface area contributed by atoms with Crippen LogP contribution in [0.25, 0.3) is 10.9 Å². The predicted molar refractivity (Wildman–Crippen MR) is 82.8 cm³/mol. The van der Waals surface area contributed by atoms with Gasteiger partial charge in [0.25, 0.3) is 0 Å². The minimum Gasteiger partial charge on any atom is -0.392 e. The third kappa shape index (κ3) is 2.78. The number of aliphatic hydroxyl groups is 1. The second-order valence-electron chi connectivity index (χ2n) is 5.67. The van der Waals surface area contributed by atoms with Crippen molar-refractivity contribution in [3.8, 4) is 0 Å². The van der Waals surface area contributed by atoms with Gasteiger partial charge in [-0.1, -0.05) is 43.9 Å². The van der Waals surface area contributed by atoms with Crippen LogP contribution in [0.5, 0.6) is 0 Å². The summed E-state index contributed by atoms with van der Waals surface area (Å²) in [6.45, 7) is 0.0346. The van der Waals surface area contributed by atoms with Crippen molar-refractivity contribution in [3.05, 3.63) is 36.0 Å². The van der Waals surface area contributed by atoms with Crippen molar-refractivity contribution in [3.63, 3.8) is 0 Å². The summed E-state index contributed by atoms with van der Waals surface area (Å²) in [5.74, 6) is 0. The number of anilines is 1. The Labute approximate surface area is 120 Å². The molecule has 3 rings (SSSR count). The summed E-state index contributed by atoms with van der Waals surface area (Å²) in [7, 11) is 0. The summed E-state index contributed by atoms with van der Waals surface area (Å²) in [5, 5.41) is 14.4. The molecule has 2 N–H and O–H groups in total. The van der Waals surface area contributed by atoms with Gasteiger partial charge in [-0.05, 0) is 18.9 Å². The SMILES string of the molecule is OCc1cnc2ccccc2c1NC1CCCCCC1. The lowest BCUT2D eigenvalue weighted by molar-refractivity contribution is 0.282. The molecule has 1 aromatic heterocycles. The Morgan fingerprint density at radius 2 is 1.85 bits per heavy atom. The number of hydrogen-bond donors (Lipinski definition) is 2. The van der Waals surface area contributed by atoms with Crippen LogP contribution in [0.15, 0.2) is 30.5 Å². The Bertz CT molecular complexity index is 574. The van der Waals surface area contributed by atoms with Crippen molar-refractivity contribution in [2.24, 2.45) is 0 Å². The first kappa shape index (κ1) is 13.4. The fourth-order valence-corrected chi connectivity index (χ4v) is 3.10. The molecule has 0 bridgehead atoms. The number of pyridine rings is 1. The molecule has 0 amide bonds. The molecule has 0 aliphatic heterocycles. The Morgan fingerprint density at radius 1 is 1.10 bits per heavy atom. The number of rotatable bonds is 3. The quantitative estimate of drug-likeness (QED) is 0.832. The van der Waals surface area contributed by atoms with E-state index in [2.05, 4.69) is 16.4 Å². The number of hydrogen-bond acceptors (Lipinski definition) is 3. The lowest BCUT2D eigenvalue weighted by Crippen LogP contribution is -2.19. The number of benzene rings is 1. The van der Waals surface area contributed by atoms with E-state index >= 15 is 0 Å². The summed E-state index contributed by atoms with van der Waals surface area (Å²) in [6, 6.07) is 8.66. The van der Waals surface area contributed by atoms with Gasteiger partial charge in [-0.15, -0.1) is 0 Å². The van der Waals surface area contributed by atoms with Crippen LogP contribution >= 0.6 is 0 Å². The zero-order chi connectivity index (χ0) is 13.8. The molecule has 20 heavy (non-hydrogen) atoms. The second-order valence-corrected chi connectivity index (χ2v) is 5.67. The van der Waals surface area contributed by atoms with Gasteiger partial charge in [-0.25, -0.2) is 0 Å². The van der Waals surface area contributed by atoms with Gasteiger partial charge in [0.2, 0.25) is 0 Å². The number of nitrogens with one attached hydrogen (secondary N) is 1. The highest BCUT2D eigenvalue weighted by Gasteiger charge is 2.15. The first-order valence-electron chi connectivity index (χ1n) is 7.62. The van der Waals surface area contributed by atoms with E-state index in [0.717, 1.165) is 22.2 Å². The van der Waals surface area contributed by atoms with E-state index in [1.807, 2.05) is 18.2 Å². The van der Waals surface area contributed by atoms with E-state index in [0.29, 0.717) is 6.04 Å². The standard InChI is InChI=1S/C17H22N2O/c20-12-13-11-18-16-10-6-5-9-15(16)17(13)19-14-7-3-1-2-4-8-14/h5-6,9-11,14,20H,1-4,7-8,12H2,(H,18,19). The second kappa shape index (κ2) is 6.23. The molecule has 0 spiro atoms. The third-order valence-electron chi connectivity index (χ3n) is 4.23. The average molecular weight is 270 g/mol. The molecule has 3 heteroatoms. The van der Waals surface area contributed by atoms with Crippen molar-refractivity contribution in [2.45, 2.75) is 51.2 Å². The van der Waals surface area contributed by atoms with Gasteiger partial charge in [0.05, 0.1) is 17.8 Å². The fourth-order valence-electron chi connectivity index (χ4n) is 3.10. The monoisotopic (exact) mass is 270 g/mol. The maximum Gasteiger partial charge on any atom is 0.0722 e. The molecule has 0 unspecified atom stereocenters. The van der Waals surface area contributed by atoms with Crippen LogP contribution < -0.4 is 5.32 Å². The summed E-state index contributed by atoms with van der Waals surface area (Å²) >= 11 is 0. The van der Waals surface area contributed by atoms with Crippen molar-refractivity contribution < 1.29 is 5.11 Å². The number of nitrogens with zero attached hydrogens (tertiary/aromatic N) is 1. The largest absolute Gasteiger partial charge is 0.392 e. The van der Waals surface area contributed by atoms with E-state index in [-0.39, 0.29) is 6.61 Å². The van der Waals surface area contributed by atoms with Crippen LogP contribution in [0.3, 0.4) is 0 Å². The van der Waals surface area contributed by atoms with E-state index < -0.39 is 0 Å². The van der Waals surface area contributed by atoms with E-state index in [1.54, 1.807) is 6.20 Å². The van der Waals surface area contributed by atoms with Gasteiger partial charge < -0.3 is 10.4 Å². The minimum absolute atomic E-state index is 0.0346. The van der Waals surface area contributed by atoms with Gasteiger partial charge in [0.1, 0.15) is 0 Å². The van der Waals surface area contributed by atoms with Crippen molar-refractivity contribution in [1.82, 2.24) is 4.98 Å². The van der Waals surface area contributed by atoms with E-state index in [1.165, 1.54) is 38.5 Å². The molecule has 1 aliphatic rings. The van der Waals surface area contributed by atoms with Crippen molar-refractivity contribution in [1.29, 1.82) is 0 Å². The summed E-state index contributed by atoms with van der Waals surface area (Å²) < 4.78 is 0. The number of para-hydroxylation sites is 1. The summed E-state index contributed by atoms with van der Waals surface area (Å²) in [4.78, 5) is 4.42. The molecule has 0 atom stereocenters. The number of fused-ring (bicyclic) bond motifs is 1. The molecule has 106 valence electrons. The Hall–Kier alpha value is -1.61. The molecule has 1 heterocycles. The third-order valence-corrected chi connectivity index (χ3v) is 4.23. The molecular weight excluding hydrogens is 248 g/mol. The zero-order valence-corrected chi connectivity index (χ0v) is 11.8. The maximum atomic E-state index is 9.58. The lowest BCUT2D eigenvalue weighted by Gasteiger charge is -2.21. The first-order chi connectivity index (χ1) is 9.88. The highest BCUT2D eigenvalue weighted by Crippen LogP contribution is 2.29. The molecule has 1 aliphatic carbocycles. The molecule has 1 fully saturated rings.